The van der Waals surface area contributed by atoms with E-state index in [4.69, 9.17) is 4.74 Å². The van der Waals surface area contributed by atoms with Crippen LogP contribution in [0.4, 0.5) is 13.2 Å². The molecule has 1 saturated heterocycles. The lowest BCUT2D eigenvalue weighted by molar-refractivity contribution is -0.174. The van der Waals surface area contributed by atoms with Crippen LogP contribution < -0.4 is 5.32 Å². The number of ether oxygens (including phenoxy) is 1. The van der Waals surface area contributed by atoms with Gasteiger partial charge in [-0.3, -0.25) is 4.90 Å². The Morgan fingerprint density at radius 1 is 1.15 bits per heavy atom. The maximum Gasteiger partial charge on any atom is 0.411 e. The van der Waals surface area contributed by atoms with Crippen molar-refractivity contribution in [1.82, 2.24) is 10.2 Å². The van der Waals surface area contributed by atoms with Crippen LogP contribution in [0.3, 0.4) is 0 Å². The molecule has 6 heteroatoms. The van der Waals surface area contributed by atoms with Crippen molar-refractivity contribution >= 4 is 0 Å². The second-order valence-electron chi connectivity index (χ2n) is 5.97. The molecule has 1 aliphatic carbocycles. The van der Waals surface area contributed by atoms with Crippen molar-refractivity contribution in [3.63, 3.8) is 0 Å². The van der Waals surface area contributed by atoms with Gasteiger partial charge < -0.3 is 10.1 Å². The monoisotopic (exact) mass is 294 g/mol. The van der Waals surface area contributed by atoms with E-state index < -0.39 is 12.8 Å². The Hall–Kier alpha value is -0.330. The summed E-state index contributed by atoms with van der Waals surface area (Å²) in [5, 5.41) is 3.48. The lowest BCUT2D eigenvalue weighted by atomic mass is 9.79. The van der Waals surface area contributed by atoms with Gasteiger partial charge in [0.25, 0.3) is 0 Å². The minimum absolute atomic E-state index is 0.194. The van der Waals surface area contributed by atoms with Crippen LogP contribution >= 0.6 is 0 Å². The summed E-state index contributed by atoms with van der Waals surface area (Å²) in [4.78, 5) is 2.49. The number of alkyl halides is 3. The number of rotatable bonds is 5. The molecule has 3 nitrogen and oxygen atoms in total. The van der Waals surface area contributed by atoms with Crippen LogP contribution in [0.5, 0.6) is 0 Å². The molecule has 0 radical (unpaired) electrons. The number of hydrogen-bond acceptors (Lipinski definition) is 3. The Morgan fingerprint density at radius 3 is 2.60 bits per heavy atom. The quantitative estimate of drug-likeness (QED) is 0.789. The Morgan fingerprint density at radius 2 is 1.90 bits per heavy atom. The molecule has 0 aromatic heterocycles. The second kappa shape index (κ2) is 7.09. The third-order valence-corrected chi connectivity index (χ3v) is 4.45. The number of nitrogens with zero attached hydrogens (tertiary/aromatic N) is 1. The van der Waals surface area contributed by atoms with Crippen LogP contribution in [0.1, 0.15) is 38.5 Å². The summed E-state index contributed by atoms with van der Waals surface area (Å²) in [6.45, 7) is 2.92. The lowest BCUT2D eigenvalue weighted by Gasteiger charge is -2.50. The van der Waals surface area contributed by atoms with Gasteiger partial charge in [-0.25, -0.2) is 0 Å². The molecule has 0 aromatic carbocycles. The van der Waals surface area contributed by atoms with Crippen molar-refractivity contribution in [1.29, 1.82) is 0 Å². The molecular formula is C14H25F3N2O. The van der Waals surface area contributed by atoms with Crippen molar-refractivity contribution in [2.24, 2.45) is 0 Å². The maximum atomic E-state index is 12.0. The summed E-state index contributed by atoms with van der Waals surface area (Å²) in [6, 6.07) is 0. The van der Waals surface area contributed by atoms with Crippen LogP contribution in [-0.2, 0) is 4.74 Å². The summed E-state index contributed by atoms with van der Waals surface area (Å²) in [7, 11) is 0. The zero-order valence-corrected chi connectivity index (χ0v) is 12.0. The normalized spacial score (nSPS) is 24.1. The van der Waals surface area contributed by atoms with E-state index in [-0.39, 0.29) is 12.1 Å². The predicted molar refractivity (Wildman–Crippen MR) is 71.7 cm³/mol. The summed E-state index contributed by atoms with van der Waals surface area (Å²) in [5.41, 5.74) is 0.251. The first kappa shape index (κ1) is 16.0. The minimum atomic E-state index is -4.21. The topological polar surface area (TPSA) is 24.5 Å². The van der Waals surface area contributed by atoms with Gasteiger partial charge >= 0.3 is 6.18 Å². The molecule has 0 unspecified atom stereocenters. The largest absolute Gasteiger partial charge is 0.411 e. The van der Waals surface area contributed by atoms with E-state index >= 15 is 0 Å². The molecule has 1 aliphatic heterocycles. The maximum absolute atomic E-state index is 12.0. The Kier molecular flexibility index (Phi) is 5.69. The Bertz CT molecular complexity index is 282. The lowest BCUT2D eigenvalue weighted by Crippen LogP contribution is -2.62. The average molecular weight is 294 g/mol. The molecule has 20 heavy (non-hydrogen) atoms. The van der Waals surface area contributed by atoms with Crippen LogP contribution in [0.15, 0.2) is 0 Å². The second-order valence-corrected chi connectivity index (χ2v) is 5.97. The molecule has 0 aromatic rings. The third-order valence-electron chi connectivity index (χ3n) is 4.45. The van der Waals surface area contributed by atoms with Crippen LogP contribution in [0, 0.1) is 0 Å². The van der Waals surface area contributed by atoms with Crippen LogP contribution in [0.2, 0.25) is 0 Å². The highest BCUT2D eigenvalue weighted by Gasteiger charge is 2.39. The zero-order chi connectivity index (χ0) is 14.5. The van der Waals surface area contributed by atoms with E-state index in [1.165, 1.54) is 32.1 Å². The molecule has 0 bridgehead atoms. The van der Waals surface area contributed by atoms with Gasteiger partial charge in [-0.05, 0) is 19.3 Å². The van der Waals surface area contributed by atoms with Crippen molar-refractivity contribution in [3.8, 4) is 0 Å². The van der Waals surface area contributed by atoms with Crippen LogP contribution in [-0.4, -0.2) is 56.0 Å². The van der Waals surface area contributed by atoms with Gasteiger partial charge in [0.15, 0.2) is 0 Å². The zero-order valence-electron chi connectivity index (χ0n) is 12.0. The summed E-state index contributed by atoms with van der Waals surface area (Å²) in [5.74, 6) is 0. The van der Waals surface area contributed by atoms with E-state index in [1.807, 2.05) is 0 Å². The fourth-order valence-corrected chi connectivity index (χ4v) is 3.48. The molecule has 0 atom stereocenters. The first-order valence-electron chi connectivity index (χ1n) is 7.62. The number of piperazine rings is 1. The van der Waals surface area contributed by atoms with Gasteiger partial charge in [-0.1, -0.05) is 19.3 Å². The minimum Gasteiger partial charge on any atom is -0.372 e. The first-order valence-corrected chi connectivity index (χ1v) is 7.62. The van der Waals surface area contributed by atoms with Gasteiger partial charge in [-0.15, -0.1) is 0 Å². The van der Waals surface area contributed by atoms with Crippen molar-refractivity contribution in [2.45, 2.75) is 50.2 Å². The van der Waals surface area contributed by atoms with Gasteiger partial charge in [0.1, 0.15) is 6.61 Å². The SMILES string of the molecule is FC(F)(F)COCCCN1CCNCC12CCCCC2. The fourth-order valence-electron chi connectivity index (χ4n) is 3.48. The van der Waals surface area contributed by atoms with E-state index in [1.54, 1.807) is 0 Å². The number of hydrogen-bond donors (Lipinski definition) is 1. The molecule has 1 saturated carbocycles. The highest BCUT2D eigenvalue weighted by atomic mass is 19.4. The third kappa shape index (κ3) is 4.60. The van der Waals surface area contributed by atoms with Gasteiger partial charge in [-0.2, -0.15) is 13.2 Å². The summed E-state index contributed by atoms with van der Waals surface area (Å²) in [6.07, 6.45) is 2.74. The van der Waals surface area contributed by atoms with Crippen molar-refractivity contribution in [2.75, 3.05) is 39.4 Å². The van der Waals surface area contributed by atoms with Gasteiger partial charge in [0, 0.05) is 38.3 Å². The summed E-state index contributed by atoms with van der Waals surface area (Å²) >= 11 is 0. The van der Waals surface area contributed by atoms with Gasteiger partial charge in [0.05, 0.1) is 0 Å². The fraction of sp³-hybridized carbons (Fsp3) is 1.00. The number of halogens is 3. The van der Waals surface area contributed by atoms with E-state index in [9.17, 15) is 13.2 Å². The molecule has 1 spiro atoms. The molecule has 1 heterocycles. The van der Waals surface area contributed by atoms with Crippen LogP contribution in [0.25, 0.3) is 0 Å². The Balaban J connectivity index is 1.72. The highest BCUT2D eigenvalue weighted by Crippen LogP contribution is 2.34. The smallest absolute Gasteiger partial charge is 0.372 e. The molecule has 1 N–H and O–H groups in total. The molecule has 118 valence electrons. The molecule has 2 fully saturated rings. The molecular weight excluding hydrogens is 269 g/mol. The molecule has 2 aliphatic rings. The highest BCUT2D eigenvalue weighted by molar-refractivity contribution is 4.97. The van der Waals surface area contributed by atoms with Gasteiger partial charge in [0.2, 0.25) is 0 Å². The predicted octanol–water partition coefficient (Wildman–Crippen LogP) is 2.56. The summed E-state index contributed by atoms with van der Waals surface area (Å²) < 4.78 is 40.6. The van der Waals surface area contributed by atoms with Crippen molar-refractivity contribution < 1.29 is 17.9 Å². The standard InChI is InChI=1S/C14H25F3N2O/c15-14(16,17)12-20-10-4-8-19-9-7-18-11-13(19)5-2-1-3-6-13/h18H,1-12H2. The average Bonchev–Trinajstić information content (AvgIpc) is 2.40. The molecule has 0 amide bonds. The van der Waals surface area contributed by atoms with E-state index in [0.717, 1.165) is 26.2 Å². The molecule has 2 rings (SSSR count). The number of nitrogens with one attached hydrogen (secondary N) is 1. The van der Waals surface area contributed by atoms with Crippen molar-refractivity contribution in [3.05, 3.63) is 0 Å². The van der Waals surface area contributed by atoms with E-state index in [2.05, 4.69) is 10.2 Å². The van der Waals surface area contributed by atoms with E-state index in [0.29, 0.717) is 6.42 Å². The first-order chi connectivity index (χ1) is 9.52. The Labute approximate surface area is 118 Å².